The van der Waals surface area contributed by atoms with Crippen molar-refractivity contribution in [3.63, 3.8) is 0 Å². The van der Waals surface area contributed by atoms with E-state index < -0.39 is 0 Å². The minimum Gasteiger partial charge on any atom is -0.379 e. The first-order chi connectivity index (χ1) is 13.6. The third kappa shape index (κ3) is 6.33. The Morgan fingerprint density at radius 2 is 2.00 bits per heavy atom. The molecule has 0 radical (unpaired) electrons. The van der Waals surface area contributed by atoms with Crippen LogP contribution in [0.15, 0.2) is 29.4 Å². The van der Waals surface area contributed by atoms with Crippen molar-refractivity contribution < 1.29 is 4.74 Å². The molecule has 2 heterocycles. The van der Waals surface area contributed by atoms with Crippen LogP contribution in [-0.4, -0.2) is 68.3 Å². The van der Waals surface area contributed by atoms with Gasteiger partial charge in [-0.05, 0) is 36.5 Å². The molecule has 3 N–H and O–H groups in total. The minimum absolute atomic E-state index is 0. The summed E-state index contributed by atoms with van der Waals surface area (Å²) in [5, 5.41) is 8.34. The van der Waals surface area contributed by atoms with Gasteiger partial charge in [0.2, 0.25) is 0 Å². The number of guanidine groups is 1. The fourth-order valence-corrected chi connectivity index (χ4v) is 4.08. The van der Waals surface area contributed by atoms with Crippen molar-refractivity contribution in [2.45, 2.75) is 33.2 Å². The highest BCUT2D eigenvalue weighted by atomic mass is 127. The number of aryl methyl sites for hydroxylation is 1. The molecule has 1 aromatic heterocycles. The van der Waals surface area contributed by atoms with Crippen molar-refractivity contribution in [2.75, 3.05) is 46.4 Å². The van der Waals surface area contributed by atoms with Crippen molar-refractivity contribution in [2.24, 2.45) is 10.9 Å². The highest BCUT2D eigenvalue weighted by molar-refractivity contribution is 14.0. The Bertz CT molecular complexity index is 783. The van der Waals surface area contributed by atoms with Gasteiger partial charge in [-0.2, -0.15) is 0 Å². The zero-order chi connectivity index (χ0) is 19.9. The van der Waals surface area contributed by atoms with E-state index in [4.69, 9.17) is 4.74 Å². The van der Waals surface area contributed by atoms with Crippen LogP contribution in [-0.2, 0) is 11.2 Å². The monoisotopic (exact) mass is 513 g/mol. The van der Waals surface area contributed by atoms with E-state index in [2.05, 4.69) is 70.7 Å². The van der Waals surface area contributed by atoms with Gasteiger partial charge in [-0.1, -0.05) is 26.0 Å². The fourth-order valence-electron chi connectivity index (χ4n) is 4.08. The van der Waals surface area contributed by atoms with Crippen LogP contribution in [0.5, 0.6) is 0 Å². The molecule has 1 aliphatic heterocycles. The van der Waals surface area contributed by atoms with Gasteiger partial charge in [0, 0.05) is 56.4 Å². The van der Waals surface area contributed by atoms with Crippen molar-refractivity contribution in [1.82, 2.24) is 20.5 Å². The summed E-state index contributed by atoms with van der Waals surface area (Å²) >= 11 is 0. The molecule has 0 saturated carbocycles. The molecule has 2 aromatic rings. The molecule has 1 unspecified atom stereocenters. The van der Waals surface area contributed by atoms with E-state index in [0.29, 0.717) is 12.0 Å². The Morgan fingerprint density at radius 3 is 2.69 bits per heavy atom. The maximum Gasteiger partial charge on any atom is 0.191 e. The lowest BCUT2D eigenvalue weighted by atomic mass is 10.0. The first-order valence-corrected chi connectivity index (χ1v) is 10.4. The van der Waals surface area contributed by atoms with E-state index in [1.807, 2.05) is 7.05 Å². The summed E-state index contributed by atoms with van der Waals surface area (Å²) in [5.41, 5.74) is 3.88. The molecule has 1 saturated heterocycles. The molecule has 0 aliphatic carbocycles. The van der Waals surface area contributed by atoms with Crippen molar-refractivity contribution >= 4 is 40.8 Å². The van der Waals surface area contributed by atoms with Crippen LogP contribution < -0.4 is 10.6 Å². The Labute approximate surface area is 191 Å². The average Bonchev–Trinajstić information content (AvgIpc) is 3.12. The van der Waals surface area contributed by atoms with Crippen LogP contribution in [0.3, 0.4) is 0 Å². The molecule has 1 atom stereocenters. The van der Waals surface area contributed by atoms with E-state index in [0.717, 1.165) is 51.8 Å². The summed E-state index contributed by atoms with van der Waals surface area (Å²) in [6.45, 7) is 12.2. The van der Waals surface area contributed by atoms with Crippen molar-refractivity contribution in [3.05, 3.63) is 35.5 Å². The van der Waals surface area contributed by atoms with Crippen LogP contribution in [0.4, 0.5) is 0 Å². The predicted molar refractivity (Wildman–Crippen MR) is 133 cm³/mol. The lowest BCUT2D eigenvalue weighted by Crippen LogP contribution is -2.52. The van der Waals surface area contributed by atoms with Crippen LogP contribution in [0.1, 0.15) is 25.0 Å². The standard InChI is InChI=1S/C22H35N5O.HI/c1-16(2)20(27-10-12-28-13-11-27)15-26-22(23-4)24-9-8-18-14-25-19-7-5-6-17(3)21(18)19;/h5-7,14,16,20,25H,8-13,15H2,1-4H3,(H2,23,24,26);1H. The Balaban J connectivity index is 0.00000300. The second-order valence-electron chi connectivity index (χ2n) is 7.90. The SMILES string of the molecule is CN=C(NCCc1c[nH]c2cccc(C)c12)NCC(C(C)C)N1CCOCC1.I. The Hall–Kier alpha value is -1.32. The molecule has 1 aromatic carbocycles. The van der Waals surface area contributed by atoms with E-state index in [1.165, 1.54) is 22.0 Å². The third-order valence-corrected chi connectivity index (χ3v) is 5.67. The molecule has 0 spiro atoms. The average molecular weight is 513 g/mol. The van der Waals surface area contributed by atoms with Gasteiger partial charge < -0.3 is 20.4 Å². The summed E-state index contributed by atoms with van der Waals surface area (Å²) < 4.78 is 5.50. The Morgan fingerprint density at radius 1 is 1.24 bits per heavy atom. The molecule has 0 amide bonds. The summed E-state index contributed by atoms with van der Waals surface area (Å²) in [6, 6.07) is 6.89. The third-order valence-electron chi connectivity index (χ3n) is 5.67. The van der Waals surface area contributed by atoms with E-state index >= 15 is 0 Å². The number of H-pyrrole nitrogens is 1. The number of aromatic nitrogens is 1. The van der Waals surface area contributed by atoms with Gasteiger partial charge in [0.05, 0.1) is 13.2 Å². The number of rotatable bonds is 7. The van der Waals surface area contributed by atoms with Gasteiger partial charge in [0.15, 0.2) is 5.96 Å². The lowest BCUT2D eigenvalue weighted by molar-refractivity contribution is 0.00752. The smallest absolute Gasteiger partial charge is 0.191 e. The second kappa shape index (κ2) is 11.8. The molecule has 3 rings (SSSR count). The molecular weight excluding hydrogens is 477 g/mol. The van der Waals surface area contributed by atoms with E-state index in [9.17, 15) is 0 Å². The molecule has 29 heavy (non-hydrogen) atoms. The molecule has 6 nitrogen and oxygen atoms in total. The fraction of sp³-hybridized carbons (Fsp3) is 0.591. The number of benzene rings is 1. The Kier molecular flexibility index (Phi) is 9.71. The largest absolute Gasteiger partial charge is 0.379 e. The number of halogens is 1. The van der Waals surface area contributed by atoms with Gasteiger partial charge in [0.25, 0.3) is 0 Å². The number of nitrogens with one attached hydrogen (secondary N) is 3. The molecule has 1 aliphatic rings. The van der Waals surface area contributed by atoms with Crippen LogP contribution in [0.25, 0.3) is 10.9 Å². The highest BCUT2D eigenvalue weighted by Gasteiger charge is 2.23. The van der Waals surface area contributed by atoms with Gasteiger partial charge in [-0.3, -0.25) is 9.89 Å². The normalized spacial score (nSPS) is 16.7. The van der Waals surface area contributed by atoms with Crippen molar-refractivity contribution in [3.8, 4) is 0 Å². The zero-order valence-electron chi connectivity index (χ0n) is 18.1. The highest BCUT2D eigenvalue weighted by Crippen LogP contribution is 2.22. The number of morpholine rings is 1. The zero-order valence-corrected chi connectivity index (χ0v) is 20.5. The van der Waals surface area contributed by atoms with Crippen LogP contribution in [0, 0.1) is 12.8 Å². The van der Waals surface area contributed by atoms with Gasteiger partial charge in [-0.15, -0.1) is 24.0 Å². The summed E-state index contributed by atoms with van der Waals surface area (Å²) in [7, 11) is 1.84. The topological polar surface area (TPSA) is 64.7 Å². The molecular formula is C22H36IN5O. The minimum atomic E-state index is 0. The molecule has 162 valence electrons. The first kappa shape index (κ1) is 24.0. The number of fused-ring (bicyclic) bond motifs is 1. The van der Waals surface area contributed by atoms with E-state index in [-0.39, 0.29) is 24.0 Å². The second-order valence-corrected chi connectivity index (χ2v) is 7.90. The number of hydrogen-bond donors (Lipinski definition) is 3. The summed E-state index contributed by atoms with van der Waals surface area (Å²) in [4.78, 5) is 10.3. The first-order valence-electron chi connectivity index (χ1n) is 10.4. The predicted octanol–water partition coefficient (Wildman–Crippen LogP) is 3.16. The number of hydrogen-bond acceptors (Lipinski definition) is 3. The van der Waals surface area contributed by atoms with Crippen LogP contribution >= 0.6 is 24.0 Å². The number of nitrogens with zero attached hydrogens (tertiary/aromatic N) is 2. The molecule has 7 heteroatoms. The maximum atomic E-state index is 5.50. The number of ether oxygens (including phenoxy) is 1. The quantitative estimate of drug-likeness (QED) is 0.303. The molecule has 0 bridgehead atoms. The van der Waals surface area contributed by atoms with E-state index in [1.54, 1.807) is 0 Å². The van der Waals surface area contributed by atoms with Crippen molar-refractivity contribution in [1.29, 1.82) is 0 Å². The van der Waals surface area contributed by atoms with Gasteiger partial charge in [-0.25, -0.2) is 0 Å². The van der Waals surface area contributed by atoms with Gasteiger partial charge >= 0.3 is 0 Å². The van der Waals surface area contributed by atoms with Crippen LogP contribution in [0.2, 0.25) is 0 Å². The summed E-state index contributed by atoms with van der Waals surface area (Å²) in [6.07, 6.45) is 3.09. The maximum absolute atomic E-state index is 5.50. The van der Waals surface area contributed by atoms with Gasteiger partial charge in [0.1, 0.15) is 0 Å². The molecule has 1 fully saturated rings. The number of aromatic amines is 1. The lowest BCUT2D eigenvalue weighted by Gasteiger charge is -2.37. The summed E-state index contributed by atoms with van der Waals surface area (Å²) in [5.74, 6) is 1.45. The number of aliphatic imine (C=N–C) groups is 1.